The maximum absolute atomic E-state index is 13.3. The molecule has 0 saturated heterocycles. The molecule has 0 aliphatic carbocycles. The van der Waals surface area contributed by atoms with Gasteiger partial charge in [0.2, 0.25) is 0 Å². The molecule has 2 aromatic heterocycles. The normalized spacial score (nSPS) is 12.9. The zero-order chi connectivity index (χ0) is 20.7. The Morgan fingerprint density at radius 1 is 1.00 bits per heavy atom. The molecule has 1 amide bonds. The van der Waals surface area contributed by atoms with Gasteiger partial charge in [-0.1, -0.05) is 24.3 Å². The molecule has 0 saturated carbocycles. The summed E-state index contributed by atoms with van der Waals surface area (Å²) in [5.74, 6) is 1.05. The summed E-state index contributed by atoms with van der Waals surface area (Å²) in [6, 6.07) is 20.1. The van der Waals surface area contributed by atoms with Crippen LogP contribution in [0, 0.1) is 6.92 Å². The fraction of sp³-hybridized carbons (Fsp3) is 0.167. The third-order valence-electron chi connectivity index (χ3n) is 5.45. The molecule has 5 rings (SSSR count). The predicted octanol–water partition coefficient (Wildman–Crippen LogP) is 4.85. The van der Waals surface area contributed by atoms with Gasteiger partial charge >= 0.3 is 0 Å². The minimum atomic E-state index is 0.0542. The average Bonchev–Trinajstić information content (AvgIpc) is 3.49. The first kappa shape index (κ1) is 18.8. The first-order chi connectivity index (χ1) is 14.7. The number of thioether (sulfide) groups is 1. The van der Waals surface area contributed by atoms with Crippen LogP contribution in [0.15, 0.2) is 78.0 Å². The van der Waals surface area contributed by atoms with E-state index >= 15 is 0 Å². The van der Waals surface area contributed by atoms with Crippen molar-refractivity contribution >= 4 is 17.7 Å². The molecule has 150 valence electrons. The zero-order valence-corrected chi connectivity index (χ0v) is 17.8. The van der Waals surface area contributed by atoms with Gasteiger partial charge in [-0.25, -0.2) is 4.68 Å². The molecule has 4 aromatic rings. The quantitative estimate of drug-likeness (QED) is 0.449. The van der Waals surface area contributed by atoms with Crippen LogP contribution in [0.25, 0.3) is 11.5 Å². The Balaban J connectivity index is 1.55. The van der Waals surface area contributed by atoms with Crippen LogP contribution in [0.2, 0.25) is 0 Å². The van der Waals surface area contributed by atoms with Crippen LogP contribution in [0.4, 0.5) is 0 Å². The largest absolute Gasteiger partial charge is 0.328 e. The van der Waals surface area contributed by atoms with Crippen LogP contribution in [0.3, 0.4) is 0 Å². The highest BCUT2D eigenvalue weighted by atomic mass is 32.2. The predicted molar refractivity (Wildman–Crippen MR) is 119 cm³/mol. The molecule has 0 unspecified atom stereocenters. The first-order valence-electron chi connectivity index (χ1n) is 9.89. The van der Waals surface area contributed by atoms with Crippen molar-refractivity contribution in [3.63, 3.8) is 0 Å². The number of aryl methyl sites for hydroxylation is 1. The maximum atomic E-state index is 13.3. The van der Waals surface area contributed by atoms with E-state index in [9.17, 15) is 4.79 Å². The van der Waals surface area contributed by atoms with Crippen LogP contribution in [-0.2, 0) is 13.1 Å². The lowest BCUT2D eigenvalue weighted by atomic mass is 10.2. The molecule has 30 heavy (non-hydrogen) atoms. The van der Waals surface area contributed by atoms with Gasteiger partial charge in [0.1, 0.15) is 5.82 Å². The number of benzene rings is 2. The van der Waals surface area contributed by atoms with E-state index in [4.69, 9.17) is 5.10 Å². The van der Waals surface area contributed by atoms with Crippen molar-refractivity contribution in [1.82, 2.24) is 19.2 Å². The van der Waals surface area contributed by atoms with Gasteiger partial charge in [0.05, 0.1) is 30.0 Å². The molecular weight excluding hydrogens is 392 g/mol. The first-order valence-corrected chi connectivity index (χ1v) is 11.1. The van der Waals surface area contributed by atoms with E-state index in [-0.39, 0.29) is 5.91 Å². The number of nitrogens with zero attached hydrogens (tertiary/aromatic N) is 4. The highest BCUT2D eigenvalue weighted by Gasteiger charge is 2.32. The molecule has 1 aliphatic heterocycles. The lowest BCUT2D eigenvalue weighted by Gasteiger charge is -2.19. The lowest BCUT2D eigenvalue weighted by molar-refractivity contribution is 0.0745. The Labute approximate surface area is 179 Å². The van der Waals surface area contributed by atoms with E-state index in [1.807, 2.05) is 70.7 Å². The van der Waals surface area contributed by atoms with Crippen molar-refractivity contribution in [2.45, 2.75) is 24.9 Å². The highest BCUT2D eigenvalue weighted by molar-refractivity contribution is 7.98. The Bertz CT molecular complexity index is 1230. The second-order valence-corrected chi connectivity index (χ2v) is 8.30. The summed E-state index contributed by atoms with van der Waals surface area (Å²) in [5, 5.41) is 4.92. The maximum Gasteiger partial charge on any atom is 0.255 e. The van der Waals surface area contributed by atoms with Crippen molar-refractivity contribution < 1.29 is 4.79 Å². The third kappa shape index (κ3) is 3.13. The molecule has 0 fully saturated rings. The molecule has 0 spiro atoms. The van der Waals surface area contributed by atoms with Crippen LogP contribution in [-0.4, -0.2) is 31.4 Å². The number of hydrogen-bond donors (Lipinski definition) is 0. The van der Waals surface area contributed by atoms with Gasteiger partial charge in [0, 0.05) is 22.9 Å². The Morgan fingerprint density at radius 3 is 2.57 bits per heavy atom. The molecule has 6 heteroatoms. The van der Waals surface area contributed by atoms with E-state index in [1.54, 1.807) is 11.8 Å². The number of amides is 1. The number of rotatable bonds is 4. The Morgan fingerprint density at radius 2 is 1.80 bits per heavy atom. The van der Waals surface area contributed by atoms with Gasteiger partial charge < -0.3 is 9.47 Å². The number of carbonyl (C=O) groups is 1. The number of fused-ring (bicyclic) bond motifs is 1. The molecule has 2 aromatic carbocycles. The van der Waals surface area contributed by atoms with Gasteiger partial charge in [0.25, 0.3) is 5.91 Å². The summed E-state index contributed by atoms with van der Waals surface area (Å²) >= 11 is 1.60. The highest BCUT2D eigenvalue weighted by Crippen LogP contribution is 2.32. The van der Waals surface area contributed by atoms with Gasteiger partial charge in [0.15, 0.2) is 0 Å². The zero-order valence-electron chi connectivity index (χ0n) is 16.9. The Kier molecular flexibility index (Phi) is 4.71. The number of aromatic nitrogens is 3. The van der Waals surface area contributed by atoms with Crippen LogP contribution < -0.4 is 0 Å². The molecule has 0 N–H and O–H groups in total. The van der Waals surface area contributed by atoms with Crippen molar-refractivity contribution in [3.8, 4) is 11.5 Å². The summed E-state index contributed by atoms with van der Waals surface area (Å²) in [5.41, 5.74) is 5.02. The third-order valence-corrected chi connectivity index (χ3v) is 6.24. The lowest BCUT2D eigenvalue weighted by Crippen LogP contribution is -2.26. The molecule has 0 atom stereocenters. The number of carbonyl (C=O) groups excluding carboxylic acids is 1. The van der Waals surface area contributed by atoms with E-state index in [0.717, 1.165) is 33.2 Å². The second-order valence-electron chi connectivity index (χ2n) is 7.45. The molecule has 3 heterocycles. The van der Waals surface area contributed by atoms with E-state index in [0.29, 0.717) is 13.1 Å². The van der Waals surface area contributed by atoms with Crippen LogP contribution in [0.1, 0.15) is 27.2 Å². The fourth-order valence-electron chi connectivity index (χ4n) is 4.02. The minimum Gasteiger partial charge on any atom is -0.328 e. The summed E-state index contributed by atoms with van der Waals surface area (Å²) in [7, 11) is 0. The monoisotopic (exact) mass is 414 g/mol. The average molecular weight is 415 g/mol. The van der Waals surface area contributed by atoms with Gasteiger partial charge in [-0.05, 0) is 55.1 Å². The van der Waals surface area contributed by atoms with Crippen LogP contribution in [0.5, 0.6) is 0 Å². The molecule has 5 nitrogen and oxygen atoms in total. The summed E-state index contributed by atoms with van der Waals surface area (Å²) < 4.78 is 4.08. The van der Waals surface area contributed by atoms with Gasteiger partial charge in [-0.3, -0.25) is 4.79 Å². The SMILES string of the molecule is CSc1ccccc1C(=O)N1Cc2nn(-c3cccc(C)c3)c(-n3cccc3)c2C1. The van der Waals surface area contributed by atoms with Crippen LogP contribution >= 0.6 is 11.8 Å². The van der Waals surface area contributed by atoms with Crippen molar-refractivity contribution in [2.75, 3.05) is 6.26 Å². The van der Waals surface area contributed by atoms with E-state index in [2.05, 4.69) is 29.7 Å². The Hall–Kier alpha value is -3.25. The summed E-state index contributed by atoms with van der Waals surface area (Å²) in [4.78, 5) is 16.2. The van der Waals surface area contributed by atoms with Gasteiger partial charge in [-0.2, -0.15) is 5.10 Å². The topological polar surface area (TPSA) is 43.1 Å². The standard InChI is InChI=1S/C24H22N4OS/c1-17-8-7-9-18(14-17)28-23(26-12-5-6-13-26)20-15-27(16-21(20)25-28)24(29)19-10-3-4-11-22(19)30-2/h3-14H,15-16H2,1-2H3. The molecular formula is C24H22N4OS. The van der Waals surface area contributed by atoms with Crippen molar-refractivity contribution in [3.05, 3.63) is 95.4 Å². The van der Waals surface area contributed by atoms with E-state index < -0.39 is 0 Å². The molecule has 1 aliphatic rings. The van der Waals surface area contributed by atoms with Gasteiger partial charge in [-0.15, -0.1) is 11.8 Å². The fourth-order valence-corrected chi connectivity index (χ4v) is 4.61. The molecule has 0 bridgehead atoms. The summed E-state index contributed by atoms with van der Waals surface area (Å²) in [6.45, 7) is 3.15. The second kappa shape index (κ2) is 7.54. The van der Waals surface area contributed by atoms with Crippen molar-refractivity contribution in [1.29, 1.82) is 0 Å². The van der Waals surface area contributed by atoms with Crippen molar-refractivity contribution in [2.24, 2.45) is 0 Å². The smallest absolute Gasteiger partial charge is 0.255 e. The number of hydrogen-bond acceptors (Lipinski definition) is 3. The molecule has 0 radical (unpaired) electrons. The minimum absolute atomic E-state index is 0.0542. The van der Waals surface area contributed by atoms with E-state index in [1.165, 1.54) is 5.56 Å². The summed E-state index contributed by atoms with van der Waals surface area (Å²) in [6.07, 6.45) is 6.05.